The smallest absolute Gasteiger partial charge is 0.475 e. The number of benzene rings is 2. The minimum atomic E-state index is -5.08. The van der Waals surface area contributed by atoms with Crippen molar-refractivity contribution in [1.29, 1.82) is 0 Å². The minimum Gasteiger partial charge on any atom is -0.475 e. The molecule has 2 aromatic rings. The molecule has 8 nitrogen and oxygen atoms in total. The summed E-state index contributed by atoms with van der Waals surface area (Å²) in [6.07, 6.45) is -3.86. The molecule has 0 aliphatic carbocycles. The van der Waals surface area contributed by atoms with Crippen molar-refractivity contribution in [3.8, 4) is 0 Å². The van der Waals surface area contributed by atoms with E-state index in [9.17, 15) is 22.8 Å². The Labute approximate surface area is 230 Å². The number of amides is 2. The van der Waals surface area contributed by atoms with Crippen LogP contribution in [0.1, 0.15) is 49.4 Å². The lowest BCUT2D eigenvalue weighted by Crippen LogP contribution is -2.43. The second-order valence-electron chi connectivity index (χ2n) is 9.11. The zero-order valence-corrected chi connectivity index (χ0v) is 22.8. The number of hydrogen-bond acceptors (Lipinski definition) is 5. The van der Waals surface area contributed by atoms with Crippen LogP contribution in [-0.4, -0.2) is 66.8 Å². The van der Waals surface area contributed by atoms with E-state index in [0.29, 0.717) is 51.4 Å². The Morgan fingerprint density at radius 2 is 1.77 bits per heavy atom. The highest BCUT2D eigenvalue weighted by Crippen LogP contribution is 2.32. The van der Waals surface area contributed by atoms with Gasteiger partial charge in [0.05, 0.1) is 6.61 Å². The Hall–Kier alpha value is -3.51. The number of hydrogen-bond donors (Lipinski definition) is 2. The van der Waals surface area contributed by atoms with Gasteiger partial charge in [-0.3, -0.25) is 14.5 Å². The van der Waals surface area contributed by atoms with Gasteiger partial charge in [-0.15, -0.1) is 0 Å². The van der Waals surface area contributed by atoms with Crippen LogP contribution in [0.4, 0.5) is 23.2 Å². The molecule has 0 saturated carbocycles. The topological polar surface area (TPSA) is 99.2 Å². The van der Waals surface area contributed by atoms with Crippen molar-refractivity contribution >= 4 is 23.5 Å². The van der Waals surface area contributed by atoms with E-state index in [-0.39, 0.29) is 11.8 Å². The summed E-state index contributed by atoms with van der Waals surface area (Å²) in [6, 6.07) is 11.9. The Balaban J connectivity index is 0.000000708. The van der Waals surface area contributed by atoms with Gasteiger partial charge in [-0.2, -0.15) is 13.2 Å². The largest absolute Gasteiger partial charge is 0.490 e. The number of nitrogens with one attached hydrogen (secondary N) is 1. The zero-order chi connectivity index (χ0) is 29.9. The summed E-state index contributed by atoms with van der Waals surface area (Å²) in [5.74, 6) is -3.38. The van der Waals surface area contributed by atoms with Crippen LogP contribution in [0.15, 0.2) is 42.5 Å². The number of halogens is 4. The van der Waals surface area contributed by atoms with Gasteiger partial charge >= 0.3 is 12.1 Å². The minimum absolute atomic E-state index is 0.0611. The molecule has 0 bridgehead atoms. The standard InChI is InChI=1S/C26H34FN3O3.C2HF3O2/c1-4-8-24(31)30-15-14-29(18-20-9-6-7-10-23(20)30)25(26(32)28-13-16-33-5-2)21-12-11-19(3)17-22(21)27;3-2(4,5)1(6)7/h6-7,9-12,17,25H,4-5,8,13-16,18H2,1-3H3,(H,28,32);(H,6,7). The number of rotatable bonds is 9. The predicted molar refractivity (Wildman–Crippen MR) is 141 cm³/mol. The number of anilines is 1. The van der Waals surface area contributed by atoms with E-state index in [1.807, 2.05) is 56.0 Å². The van der Waals surface area contributed by atoms with E-state index < -0.39 is 24.0 Å². The summed E-state index contributed by atoms with van der Waals surface area (Å²) in [5, 5.41) is 10.0. The van der Waals surface area contributed by atoms with Crippen molar-refractivity contribution in [3.05, 3.63) is 65.0 Å². The third-order valence-electron chi connectivity index (χ3n) is 6.09. The molecular weight excluding hydrogens is 534 g/mol. The number of carbonyl (C=O) groups is 3. The number of carbonyl (C=O) groups excluding carboxylic acids is 2. The van der Waals surface area contributed by atoms with Gasteiger partial charge in [0.25, 0.3) is 0 Å². The van der Waals surface area contributed by atoms with Crippen molar-refractivity contribution in [2.24, 2.45) is 0 Å². The van der Waals surface area contributed by atoms with Crippen LogP contribution in [0.2, 0.25) is 0 Å². The number of para-hydroxylation sites is 1. The molecule has 1 aliphatic heterocycles. The zero-order valence-electron chi connectivity index (χ0n) is 22.8. The van der Waals surface area contributed by atoms with Crippen LogP contribution in [0, 0.1) is 12.7 Å². The van der Waals surface area contributed by atoms with Crippen LogP contribution in [0.25, 0.3) is 0 Å². The fourth-order valence-corrected chi connectivity index (χ4v) is 4.23. The molecule has 1 unspecified atom stereocenters. The molecular formula is C28H35F4N3O5. The monoisotopic (exact) mass is 569 g/mol. The first kappa shape index (κ1) is 32.7. The number of fused-ring (bicyclic) bond motifs is 1. The molecule has 2 aromatic carbocycles. The second kappa shape index (κ2) is 15.3. The maximum Gasteiger partial charge on any atom is 0.490 e. The van der Waals surface area contributed by atoms with Crippen LogP contribution in [0.3, 0.4) is 0 Å². The maximum atomic E-state index is 15.1. The van der Waals surface area contributed by atoms with Gasteiger partial charge < -0.3 is 20.1 Å². The van der Waals surface area contributed by atoms with Crippen molar-refractivity contribution in [2.45, 2.75) is 52.4 Å². The average molecular weight is 570 g/mol. The average Bonchev–Trinajstić information content (AvgIpc) is 3.08. The van der Waals surface area contributed by atoms with Crippen LogP contribution in [0.5, 0.6) is 0 Å². The lowest BCUT2D eigenvalue weighted by molar-refractivity contribution is -0.192. The molecule has 1 heterocycles. The molecule has 220 valence electrons. The highest BCUT2D eigenvalue weighted by Gasteiger charge is 2.38. The van der Waals surface area contributed by atoms with Crippen molar-refractivity contribution in [2.75, 3.05) is 37.7 Å². The van der Waals surface area contributed by atoms with E-state index in [1.165, 1.54) is 6.07 Å². The van der Waals surface area contributed by atoms with Gasteiger partial charge in [-0.1, -0.05) is 37.3 Å². The molecule has 12 heteroatoms. The molecule has 2 amide bonds. The van der Waals surface area contributed by atoms with Crippen LogP contribution < -0.4 is 10.2 Å². The van der Waals surface area contributed by atoms with E-state index >= 15 is 4.39 Å². The van der Waals surface area contributed by atoms with Crippen LogP contribution >= 0.6 is 0 Å². The molecule has 0 saturated heterocycles. The number of carboxylic acid groups (broad SMARTS) is 1. The van der Waals surface area contributed by atoms with Gasteiger partial charge in [-0.25, -0.2) is 9.18 Å². The van der Waals surface area contributed by atoms with E-state index in [2.05, 4.69) is 5.32 Å². The number of aliphatic carboxylic acids is 1. The van der Waals surface area contributed by atoms with Crippen LogP contribution in [-0.2, 0) is 25.7 Å². The van der Waals surface area contributed by atoms with Gasteiger partial charge in [-0.05, 0) is 43.5 Å². The summed E-state index contributed by atoms with van der Waals surface area (Å²) in [7, 11) is 0. The predicted octanol–water partition coefficient (Wildman–Crippen LogP) is 4.61. The van der Waals surface area contributed by atoms with E-state index in [0.717, 1.165) is 23.2 Å². The number of ether oxygens (including phenoxy) is 1. The number of alkyl halides is 3. The molecule has 1 atom stereocenters. The van der Waals surface area contributed by atoms with Gasteiger partial charge in [0.15, 0.2) is 0 Å². The highest BCUT2D eigenvalue weighted by molar-refractivity contribution is 5.94. The Morgan fingerprint density at radius 1 is 1.10 bits per heavy atom. The van der Waals surface area contributed by atoms with Gasteiger partial charge in [0, 0.05) is 50.5 Å². The normalized spacial score (nSPS) is 14.3. The third-order valence-corrected chi connectivity index (χ3v) is 6.09. The second-order valence-corrected chi connectivity index (χ2v) is 9.11. The van der Waals surface area contributed by atoms with Crippen molar-refractivity contribution < 1.29 is 41.8 Å². The molecule has 0 spiro atoms. The first-order valence-electron chi connectivity index (χ1n) is 12.9. The summed E-state index contributed by atoms with van der Waals surface area (Å²) in [6.45, 7) is 8.33. The molecule has 3 rings (SSSR count). The summed E-state index contributed by atoms with van der Waals surface area (Å²) in [5.41, 5.74) is 2.93. The molecule has 1 aliphatic rings. The maximum absolute atomic E-state index is 15.1. The quantitative estimate of drug-likeness (QED) is 0.338. The van der Waals surface area contributed by atoms with Crippen molar-refractivity contribution in [1.82, 2.24) is 10.2 Å². The summed E-state index contributed by atoms with van der Waals surface area (Å²) < 4.78 is 52.1. The molecule has 2 N–H and O–H groups in total. The van der Waals surface area contributed by atoms with Gasteiger partial charge in [0.2, 0.25) is 11.8 Å². The molecule has 40 heavy (non-hydrogen) atoms. The number of nitrogens with zero attached hydrogens (tertiary/aromatic N) is 2. The number of aryl methyl sites for hydroxylation is 1. The lowest BCUT2D eigenvalue weighted by Gasteiger charge is -2.30. The van der Waals surface area contributed by atoms with E-state index in [1.54, 1.807) is 11.0 Å². The van der Waals surface area contributed by atoms with E-state index in [4.69, 9.17) is 14.6 Å². The Bertz CT molecular complexity index is 1160. The highest BCUT2D eigenvalue weighted by atomic mass is 19.4. The fraction of sp³-hybridized carbons (Fsp3) is 0.464. The summed E-state index contributed by atoms with van der Waals surface area (Å²) in [4.78, 5) is 38.8. The van der Waals surface area contributed by atoms with Gasteiger partial charge in [0.1, 0.15) is 11.9 Å². The lowest BCUT2D eigenvalue weighted by atomic mass is 10.0. The first-order valence-corrected chi connectivity index (χ1v) is 12.9. The molecule has 0 radical (unpaired) electrons. The third kappa shape index (κ3) is 9.30. The Kier molecular flexibility index (Phi) is 12.5. The molecule has 0 fully saturated rings. The summed E-state index contributed by atoms with van der Waals surface area (Å²) >= 11 is 0. The van der Waals surface area contributed by atoms with Crippen molar-refractivity contribution in [3.63, 3.8) is 0 Å². The SMILES string of the molecule is CCCC(=O)N1CCN(C(C(=O)NCCOCC)c2ccc(C)cc2F)Cc2ccccc21.O=C(O)C(F)(F)F. The fourth-order valence-electron chi connectivity index (χ4n) is 4.23. The number of carboxylic acids is 1. The molecule has 0 aromatic heterocycles. The first-order chi connectivity index (χ1) is 18.9. The Morgan fingerprint density at radius 3 is 2.38 bits per heavy atom.